The van der Waals surface area contributed by atoms with E-state index in [9.17, 15) is 14.7 Å². The van der Waals surface area contributed by atoms with Crippen LogP contribution in [-0.4, -0.2) is 68.3 Å². The van der Waals surface area contributed by atoms with Gasteiger partial charge in [0.15, 0.2) is 0 Å². The third kappa shape index (κ3) is 9.44. The average Bonchev–Trinajstić information content (AvgIpc) is 2.95. The van der Waals surface area contributed by atoms with E-state index >= 15 is 0 Å². The zero-order valence-corrected chi connectivity index (χ0v) is 25.0. The summed E-state index contributed by atoms with van der Waals surface area (Å²) < 4.78 is 5.09. The number of rotatable bonds is 14. The van der Waals surface area contributed by atoms with Gasteiger partial charge in [-0.25, -0.2) is 0 Å². The molecule has 3 N–H and O–H groups in total. The van der Waals surface area contributed by atoms with Crippen molar-refractivity contribution in [1.29, 1.82) is 0 Å². The normalized spacial score (nSPS) is 21.7. The van der Waals surface area contributed by atoms with E-state index < -0.39 is 11.7 Å². The Hall–Kier alpha value is -1.67. The van der Waals surface area contributed by atoms with Crippen molar-refractivity contribution in [2.24, 2.45) is 17.8 Å². The number of benzene rings is 1. The molecule has 0 bridgehead atoms. The quantitative estimate of drug-likeness (QED) is 0.280. The standard InChI is InChI=1S/C31H50ClN3O4/c1-23(39-3)30(37)34-16-9-15-31(38,26-12-7-14-28(32)20-26)27-13-8-17-35(22-27)29(36)19-25(21-33-2)18-24-10-5-4-6-11-24/h7,12,14,20,23-25,27,33,38H,4-6,8-11,13,15-19,21-22H2,1-3H3,(H,34,37)/t23-,25+,27+,31+/m0/s1. The lowest BCUT2D eigenvalue weighted by atomic mass is 9.74. The summed E-state index contributed by atoms with van der Waals surface area (Å²) in [4.78, 5) is 27.7. The molecule has 4 atom stereocenters. The number of piperidine rings is 1. The van der Waals surface area contributed by atoms with Gasteiger partial charge in [0.25, 0.3) is 0 Å². The molecule has 1 aromatic carbocycles. The van der Waals surface area contributed by atoms with Crippen molar-refractivity contribution in [3.8, 4) is 0 Å². The lowest BCUT2D eigenvalue weighted by Gasteiger charge is -2.43. The Balaban J connectivity index is 1.67. The lowest BCUT2D eigenvalue weighted by molar-refractivity contribution is -0.138. The highest BCUT2D eigenvalue weighted by molar-refractivity contribution is 6.30. The summed E-state index contributed by atoms with van der Waals surface area (Å²) in [6.07, 6.45) is 10.5. The topological polar surface area (TPSA) is 90.9 Å². The summed E-state index contributed by atoms with van der Waals surface area (Å²) in [5.41, 5.74) is -0.371. The van der Waals surface area contributed by atoms with Crippen molar-refractivity contribution in [2.45, 2.75) is 89.3 Å². The second kappa shape index (κ2) is 15.9. The van der Waals surface area contributed by atoms with Gasteiger partial charge in [-0.1, -0.05) is 55.8 Å². The van der Waals surface area contributed by atoms with Crippen LogP contribution in [0.15, 0.2) is 24.3 Å². The fourth-order valence-corrected chi connectivity index (χ4v) is 6.74. The molecule has 0 aromatic heterocycles. The molecule has 1 saturated carbocycles. The number of halogens is 1. The number of hydrogen-bond donors (Lipinski definition) is 3. The van der Waals surface area contributed by atoms with E-state index in [0.29, 0.717) is 43.3 Å². The fourth-order valence-electron chi connectivity index (χ4n) is 6.55. The van der Waals surface area contributed by atoms with E-state index in [-0.39, 0.29) is 17.7 Å². The maximum Gasteiger partial charge on any atom is 0.248 e. The molecule has 1 saturated heterocycles. The number of likely N-dealkylation sites (tertiary alicyclic amines) is 1. The predicted octanol–water partition coefficient (Wildman–Crippen LogP) is 4.89. The number of ether oxygens (including phenoxy) is 1. The number of nitrogens with one attached hydrogen (secondary N) is 2. The van der Waals surface area contributed by atoms with Gasteiger partial charge in [0.1, 0.15) is 6.10 Å². The Labute approximate surface area is 240 Å². The largest absolute Gasteiger partial charge is 0.385 e. The van der Waals surface area contributed by atoms with Crippen molar-refractivity contribution in [1.82, 2.24) is 15.5 Å². The molecular formula is C31H50ClN3O4. The summed E-state index contributed by atoms with van der Waals surface area (Å²) >= 11 is 6.34. The van der Waals surface area contributed by atoms with Crippen molar-refractivity contribution in [3.63, 3.8) is 0 Å². The number of carbonyl (C=O) groups is 2. The van der Waals surface area contributed by atoms with Gasteiger partial charge >= 0.3 is 0 Å². The van der Waals surface area contributed by atoms with Crippen LogP contribution >= 0.6 is 11.6 Å². The van der Waals surface area contributed by atoms with Gasteiger partial charge in [0.2, 0.25) is 11.8 Å². The van der Waals surface area contributed by atoms with Crippen molar-refractivity contribution in [3.05, 3.63) is 34.9 Å². The predicted molar refractivity (Wildman–Crippen MR) is 157 cm³/mol. The van der Waals surface area contributed by atoms with Crippen LogP contribution in [0.25, 0.3) is 0 Å². The number of hydrogen-bond acceptors (Lipinski definition) is 5. The third-order valence-electron chi connectivity index (χ3n) is 8.88. The van der Waals surface area contributed by atoms with Crippen LogP contribution in [0.3, 0.4) is 0 Å². The Morgan fingerprint density at radius 2 is 1.97 bits per heavy atom. The first-order chi connectivity index (χ1) is 18.8. The van der Waals surface area contributed by atoms with Gasteiger partial charge in [0.05, 0.1) is 5.60 Å². The van der Waals surface area contributed by atoms with Crippen LogP contribution in [0, 0.1) is 17.8 Å². The van der Waals surface area contributed by atoms with Crippen LogP contribution in [0.4, 0.5) is 0 Å². The van der Waals surface area contributed by atoms with E-state index in [1.807, 2.05) is 36.2 Å². The average molecular weight is 564 g/mol. The number of amides is 2. The smallest absolute Gasteiger partial charge is 0.248 e. The number of carbonyl (C=O) groups excluding carboxylic acids is 2. The highest BCUT2D eigenvalue weighted by atomic mass is 35.5. The van der Waals surface area contributed by atoms with Crippen LogP contribution in [0.1, 0.15) is 83.1 Å². The van der Waals surface area contributed by atoms with Gasteiger partial charge < -0.3 is 25.4 Å². The molecule has 39 heavy (non-hydrogen) atoms. The van der Waals surface area contributed by atoms with Crippen molar-refractivity contribution in [2.75, 3.05) is 40.3 Å². The summed E-state index contributed by atoms with van der Waals surface area (Å²) in [5.74, 6) is 1.01. The Kier molecular flexibility index (Phi) is 13.0. The molecule has 0 unspecified atom stereocenters. The van der Waals surface area contributed by atoms with Gasteiger partial charge in [-0.05, 0) is 82.2 Å². The molecule has 1 aliphatic heterocycles. The van der Waals surface area contributed by atoms with Crippen LogP contribution < -0.4 is 10.6 Å². The molecular weight excluding hydrogens is 514 g/mol. The van der Waals surface area contributed by atoms with Gasteiger partial charge in [-0.3, -0.25) is 9.59 Å². The first-order valence-corrected chi connectivity index (χ1v) is 15.4. The van der Waals surface area contributed by atoms with Crippen LogP contribution in [0.2, 0.25) is 5.02 Å². The molecule has 8 heteroatoms. The zero-order valence-electron chi connectivity index (χ0n) is 24.2. The minimum atomic E-state index is -1.14. The Morgan fingerprint density at radius 3 is 2.67 bits per heavy atom. The van der Waals surface area contributed by atoms with E-state index in [1.54, 1.807) is 6.92 Å². The summed E-state index contributed by atoms with van der Waals surface area (Å²) in [5, 5.41) is 19.0. The summed E-state index contributed by atoms with van der Waals surface area (Å²) in [6, 6.07) is 7.43. The van der Waals surface area contributed by atoms with Crippen LogP contribution in [0.5, 0.6) is 0 Å². The van der Waals surface area contributed by atoms with E-state index in [0.717, 1.165) is 43.8 Å². The molecule has 2 aliphatic rings. The molecule has 220 valence electrons. The second-order valence-electron chi connectivity index (χ2n) is 11.8. The molecule has 1 aliphatic carbocycles. The molecule has 0 radical (unpaired) electrons. The van der Waals surface area contributed by atoms with Gasteiger partial charge in [0, 0.05) is 44.1 Å². The zero-order chi connectivity index (χ0) is 28.3. The molecule has 2 fully saturated rings. The second-order valence-corrected chi connectivity index (χ2v) is 12.2. The van der Waals surface area contributed by atoms with Crippen molar-refractivity contribution >= 4 is 23.4 Å². The molecule has 2 amide bonds. The number of methoxy groups -OCH3 is 1. The molecule has 0 spiro atoms. The highest BCUT2D eigenvalue weighted by Gasteiger charge is 2.41. The molecule has 3 rings (SSSR count). The first kappa shape index (κ1) is 31.9. The summed E-state index contributed by atoms with van der Waals surface area (Å²) in [7, 11) is 3.48. The third-order valence-corrected chi connectivity index (χ3v) is 9.11. The summed E-state index contributed by atoms with van der Waals surface area (Å²) in [6.45, 7) is 4.28. The van der Waals surface area contributed by atoms with Crippen LogP contribution in [-0.2, 0) is 19.9 Å². The minimum Gasteiger partial charge on any atom is -0.385 e. The lowest BCUT2D eigenvalue weighted by Crippen LogP contribution is -2.49. The van der Waals surface area contributed by atoms with E-state index in [4.69, 9.17) is 16.3 Å². The van der Waals surface area contributed by atoms with Gasteiger partial charge in [-0.15, -0.1) is 0 Å². The maximum absolute atomic E-state index is 13.6. The molecule has 1 heterocycles. The maximum atomic E-state index is 13.6. The Bertz CT molecular complexity index is 910. The van der Waals surface area contributed by atoms with Crippen molar-refractivity contribution < 1.29 is 19.4 Å². The number of nitrogens with zero attached hydrogens (tertiary/aromatic N) is 1. The van der Waals surface area contributed by atoms with Gasteiger partial charge in [-0.2, -0.15) is 0 Å². The fraction of sp³-hybridized carbons (Fsp3) is 0.742. The Morgan fingerprint density at radius 1 is 1.21 bits per heavy atom. The SMILES string of the molecule is CNC[C@@H](CC(=O)N1CCC[C@@H]([C@@](O)(CCCNC(=O)[C@H](C)OC)c2cccc(Cl)c2)C1)CC1CCCCC1. The number of aliphatic hydroxyl groups is 1. The monoisotopic (exact) mass is 563 g/mol. The first-order valence-electron chi connectivity index (χ1n) is 15.0. The highest BCUT2D eigenvalue weighted by Crippen LogP contribution is 2.40. The molecule has 7 nitrogen and oxygen atoms in total. The molecule has 1 aromatic rings. The van der Waals surface area contributed by atoms with E-state index in [2.05, 4.69) is 10.6 Å². The van der Waals surface area contributed by atoms with E-state index in [1.165, 1.54) is 39.2 Å². The minimum absolute atomic E-state index is 0.108.